The molecule has 168 valence electrons. The number of pyridine rings is 1. The number of amides is 2. The van der Waals surface area contributed by atoms with Crippen molar-refractivity contribution in [1.82, 2.24) is 4.98 Å². The molecule has 0 atom stereocenters. The molecule has 4 rings (SSSR count). The van der Waals surface area contributed by atoms with E-state index in [2.05, 4.69) is 39.3 Å². The Bertz CT molecular complexity index is 1490. The van der Waals surface area contributed by atoms with Gasteiger partial charge in [0.15, 0.2) is 0 Å². The highest BCUT2D eigenvalue weighted by atomic mass is 16.2. The summed E-state index contributed by atoms with van der Waals surface area (Å²) in [5.41, 5.74) is 3.35. The number of carbonyl (C=O) groups excluding carboxylic acids is 2. The number of hydrogen-bond acceptors (Lipinski definition) is 3. The van der Waals surface area contributed by atoms with Gasteiger partial charge in [-0.1, -0.05) is 66.1 Å². The second-order valence-corrected chi connectivity index (χ2v) is 7.54. The Morgan fingerprint density at radius 3 is 1.83 bits per heavy atom. The third-order valence-corrected chi connectivity index (χ3v) is 4.80. The van der Waals surface area contributed by atoms with Crippen LogP contribution in [-0.2, 0) is 4.79 Å². The molecule has 0 bridgehead atoms. The largest absolute Gasteiger partial charge is 0.311 e. The molecule has 0 spiro atoms. The minimum absolute atomic E-state index is 0.246. The Balaban J connectivity index is 1.67. The van der Waals surface area contributed by atoms with Crippen LogP contribution in [0, 0.1) is 23.7 Å². The number of aromatic nitrogens is 1. The van der Waals surface area contributed by atoms with Crippen molar-refractivity contribution in [2.24, 2.45) is 0 Å². The van der Waals surface area contributed by atoms with E-state index in [4.69, 9.17) is 0 Å². The molecule has 1 heterocycles. The number of carbonyl (C=O) groups is 2. The maximum absolute atomic E-state index is 13.3. The van der Waals surface area contributed by atoms with Gasteiger partial charge in [-0.05, 0) is 54.6 Å². The standard InChI is InChI=1S/C30H21N3O2/c1-22(34)31-28-13-8-14-29(32-28)33-30(35)27-21-25(16-15-23-9-4-2-5-10-23)18-20-26(27)19-17-24-11-6-3-7-12-24/h2-14,18,20-21H,1H3,(H2,31,32,33,34,35). The average Bonchev–Trinajstić information content (AvgIpc) is 2.87. The van der Waals surface area contributed by atoms with Gasteiger partial charge >= 0.3 is 0 Å². The van der Waals surface area contributed by atoms with Crippen LogP contribution < -0.4 is 10.6 Å². The fourth-order valence-electron chi connectivity index (χ4n) is 3.18. The number of nitrogens with zero attached hydrogens (tertiary/aromatic N) is 1. The van der Waals surface area contributed by atoms with Gasteiger partial charge in [0.1, 0.15) is 11.6 Å². The van der Waals surface area contributed by atoms with Crippen molar-refractivity contribution in [3.8, 4) is 23.7 Å². The predicted octanol–water partition coefficient (Wildman–Crippen LogP) is 5.09. The van der Waals surface area contributed by atoms with Crippen LogP contribution in [0.4, 0.5) is 11.6 Å². The molecule has 1 aromatic heterocycles. The lowest BCUT2D eigenvalue weighted by molar-refractivity contribution is -0.114. The summed E-state index contributed by atoms with van der Waals surface area (Å²) in [5, 5.41) is 5.40. The van der Waals surface area contributed by atoms with Crippen molar-refractivity contribution in [2.45, 2.75) is 6.92 Å². The van der Waals surface area contributed by atoms with Gasteiger partial charge in [0.2, 0.25) is 5.91 Å². The topological polar surface area (TPSA) is 71.1 Å². The van der Waals surface area contributed by atoms with Crippen molar-refractivity contribution in [2.75, 3.05) is 10.6 Å². The van der Waals surface area contributed by atoms with Gasteiger partial charge in [-0.25, -0.2) is 4.98 Å². The van der Waals surface area contributed by atoms with Crippen LogP contribution in [0.5, 0.6) is 0 Å². The van der Waals surface area contributed by atoms with Gasteiger partial charge < -0.3 is 10.6 Å². The zero-order valence-electron chi connectivity index (χ0n) is 19.0. The molecule has 0 aliphatic heterocycles. The van der Waals surface area contributed by atoms with Crippen LogP contribution in [0.15, 0.2) is 97.1 Å². The third kappa shape index (κ3) is 6.68. The molecular weight excluding hydrogens is 434 g/mol. The Morgan fingerprint density at radius 2 is 1.20 bits per heavy atom. The van der Waals surface area contributed by atoms with Gasteiger partial charge in [0.25, 0.3) is 5.91 Å². The molecule has 4 aromatic rings. The van der Waals surface area contributed by atoms with E-state index in [1.807, 2.05) is 66.7 Å². The molecule has 0 saturated heterocycles. The first-order valence-electron chi connectivity index (χ1n) is 10.9. The summed E-state index contributed by atoms with van der Waals surface area (Å²) in [6, 6.07) is 29.5. The Morgan fingerprint density at radius 1 is 0.629 bits per heavy atom. The van der Waals surface area contributed by atoms with Gasteiger partial charge in [0.05, 0.1) is 5.56 Å². The SMILES string of the molecule is CC(=O)Nc1cccc(NC(=O)c2cc(C#Cc3ccccc3)ccc2C#Cc2ccccc2)n1. The lowest BCUT2D eigenvalue weighted by atomic mass is 10.0. The predicted molar refractivity (Wildman–Crippen MR) is 138 cm³/mol. The van der Waals surface area contributed by atoms with Crippen LogP contribution >= 0.6 is 0 Å². The van der Waals surface area contributed by atoms with Gasteiger partial charge in [-0.2, -0.15) is 0 Å². The molecule has 0 saturated carbocycles. The van der Waals surface area contributed by atoms with Crippen molar-refractivity contribution in [1.29, 1.82) is 0 Å². The maximum atomic E-state index is 13.3. The number of nitrogens with one attached hydrogen (secondary N) is 2. The molecule has 0 aliphatic carbocycles. The molecule has 2 amide bonds. The molecule has 3 aromatic carbocycles. The van der Waals surface area contributed by atoms with Gasteiger partial charge in [-0.3, -0.25) is 9.59 Å². The minimum Gasteiger partial charge on any atom is -0.311 e. The summed E-state index contributed by atoms with van der Waals surface area (Å²) in [5.74, 6) is 12.5. The van der Waals surface area contributed by atoms with Crippen LogP contribution in [-0.4, -0.2) is 16.8 Å². The molecule has 5 nitrogen and oxygen atoms in total. The highest BCUT2D eigenvalue weighted by molar-refractivity contribution is 6.06. The smallest absolute Gasteiger partial charge is 0.258 e. The molecule has 5 heteroatoms. The summed E-state index contributed by atoms with van der Waals surface area (Å²) >= 11 is 0. The zero-order valence-corrected chi connectivity index (χ0v) is 19.0. The second-order valence-electron chi connectivity index (χ2n) is 7.54. The Hall–Kier alpha value is -5.13. The Kier molecular flexibility index (Phi) is 7.33. The second kappa shape index (κ2) is 11.1. The van der Waals surface area contributed by atoms with Crippen LogP contribution in [0.2, 0.25) is 0 Å². The Labute approximate surface area is 204 Å². The van der Waals surface area contributed by atoms with E-state index in [0.717, 1.165) is 11.1 Å². The fraction of sp³-hybridized carbons (Fsp3) is 0.0333. The average molecular weight is 456 g/mol. The zero-order chi connectivity index (χ0) is 24.5. The summed E-state index contributed by atoms with van der Waals surface area (Å²) < 4.78 is 0. The monoisotopic (exact) mass is 455 g/mol. The van der Waals surface area contributed by atoms with E-state index >= 15 is 0 Å². The number of anilines is 2. The normalized spacial score (nSPS) is 9.63. The lowest BCUT2D eigenvalue weighted by Crippen LogP contribution is -2.16. The van der Waals surface area contributed by atoms with E-state index in [9.17, 15) is 9.59 Å². The molecule has 0 aliphatic rings. The summed E-state index contributed by atoms with van der Waals surface area (Å²) in [6.45, 7) is 1.40. The fourth-order valence-corrected chi connectivity index (χ4v) is 3.18. The van der Waals surface area contributed by atoms with Crippen LogP contribution in [0.25, 0.3) is 0 Å². The lowest BCUT2D eigenvalue weighted by Gasteiger charge is -2.09. The first kappa shape index (κ1) is 23.0. The van der Waals surface area contributed by atoms with E-state index < -0.39 is 0 Å². The molecule has 0 radical (unpaired) electrons. The van der Waals surface area contributed by atoms with E-state index in [0.29, 0.717) is 28.3 Å². The number of hydrogen-bond donors (Lipinski definition) is 2. The summed E-state index contributed by atoms with van der Waals surface area (Å²) in [7, 11) is 0. The maximum Gasteiger partial charge on any atom is 0.258 e. The summed E-state index contributed by atoms with van der Waals surface area (Å²) in [4.78, 5) is 28.9. The molecular formula is C30H21N3O2. The highest BCUT2D eigenvalue weighted by Gasteiger charge is 2.13. The van der Waals surface area contributed by atoms with Crippen molar-refractivity contribution >= 4 is 23.5 Å². The summed E-state index contributed by atoms with van der Waals surface area (Å²) in [6.07, 6.45) is 0. The first-order chi connectivity index (χ1) is 17.1. The molecule has 0 unspecified atom stereocenters. The molecule has 0 fully saturated rings. The quantitative estimate of drug-likeness (QED) is 0.423. The van der Waals surface area contributed by atoms with E-state index in [-0.39, 0.29) is 11.8 Å². The van der Waals surface area contributed by atoms with Crippen LogP contribution in [0.3, 0.4) is 0 Å². The minimum atomic E-state index is -0.377. The molecule has 35 heavy (non-hydrogen) atoms. The van der Waals surface area contributed by atoms with Crippen molar-refractivity contribution in [3.05, 3.63) is 125 Å². The van der Waals surface area contributed by atoms with Crippen molar-refractivity contribution in [3.63, 3.8) is 0 Å². The van der Waals surface area contributed by atoms with E-state index in [1.165, 1.54) is 6.92 Å². The third-order valence-electron chi connectivity index (χ3n) is 4.80. The van der Waals surface area contributed by atoms with E-state index in [1.54, 1.807) is 30.3 Å². The first-order valence-corrected chi connectivity index (χ1v) is 10.9. The number of benzene rings is 3. The van der Waals surface area contributed by atoms with Crippen LogP contribution in [0.1, 0.15) is 39.5 Å². The van der Waals surface area contributed by atoms with Gasteiger partial charge in [0, 0.05) is 29.2 Å². The van der Waals surface area contributed by atoms with Gasteiger partial charge in [-0.15, -0.1) is 0 Å². The van der Waals surface area contributed by atoms with Crippen molar-refractivity contribution < 1.29 is 9.59 Å². The highest BCUT2D eigenvalue weighted by Crippen LogP contribution is 2.16. The number of rotatable bonds is 3. The molecule has 2 N–H and O–H groups in total.